The van der Waals surface area contributed by atoms with Crippen molar-refractivity contribution in [2.45, 2.75) is 0 Å². The number of nitrogens with zero attached hydrogens (tertiary/aromatic N) is 1. The lowest BCUT2D eigenvalue weighted by Gasteiger charge is -1.97. The minimum absolute atomic E-state index is 0.677. The summed E-state index contributed by atoms with van der Waals surface area (Å²) in [6, 6.07) is 17.3. The maximum Gasteiger partial charge on any atom is 0.167 e. The predicted octanol–water partition coefficient (Wildman–Crippen LogP) is 5.42. The summed E-state index contributed by atoms with van der Waals surface area (Å²) < 4.78 is 6.37. The summed E-state index contributed by atoms with van der Waals surface area (Å²) in [6.07, 6.45) is 0. The van der Waals surface area contributed by atoms with E-state index in [0.717, 1.165) is 21.3 Å². The second-order valence-corrected chi connectivity index (χ2v) is 5.36. The molecule has 0 radical (unpaired) electrons. The number of hydrogen-bond donors (Lipinski definition) is 0. The maximum absolute atomic E-state index is 5.97. The van der Waals surface area contributed by atoms with Crippen molar-refractivity contribution in [2.75, 3.05) is 0 Å². The Bertz CT molecular complexity index is 723. The molecular formula is C15H9BrClNO. The first-order valence-electron chi connectivity index (χ1n) is 5.71. The number of rotatable bonds is 2. The lowest BCUT2D eigenvalue weighted by molar-refractivity contribution is 0.435. The molecule has 4 heteroatoms. The van der Waals surface area contributed by atoms with E-state index in [9.17, 15) is 0 Å². The quantitative estimate of drug-likeness (QED) is 0.625. The highest BCUT2D eigenvalue weighted by molar-refractivity contribution is 9.10. The molecule has 0 N–H and O–H groups in total. The molecule has 2 aromatic carbocycles. The van der Waals surface area contributed by atoms with E-state index in [2.05, 4.69) is 21.1 Å². The first kappa shape index (κ1) is 12.5. The monoisotopic (exact) mass is 333 g/mol. The SMILES string of the molecule is Clc1cccc(-c2cc(-c3ccccc3Br)no2)c1. The zero-order chi connectivity index (χ0) is 13.2. The topological polar surface area (TPSA) is 26.0 Å². The first-order chi connectivity index (χ1) is 9.24. The predicted molar refractivity (Wildman–Crippen MR) is 80.1 cm³/mol. The van der Waals surface area contributed by atoms with Gasteiger partial charge in [-0.3, -0.25) is 0 Å². The molecule has 0 aliphatic heterocycles. The van der Waals surface area contributed by atoms with E-state index in [-0.39, 0.29) is 0 Å². The lowest BCUT2D eigenvalue weighted by atomic mass is 10.1. The van der Waals surface area contributed by atoms with E-state index in [1.54, 1.807) is 0 Å². The summed E-state index contributed by atoms with van der Waals surface area (Å²) >= 11 is 9.48. The van der Waals surface area contributed by atoms with Gasteiger partial charge in [0.1, 0.15) is 5.69 Å². The Hall–Kier alpha value is -1.58. The number of halogens is 2. The van der Waals surface area contributed by atoms with E-state index >= 15 is 0 Å². The van der Waals surface area contributed by atoms with Crippen LogP contribution < -0.4 is 0 Å². The molecule has 1 aromatic heterocycles. The van der Waals surface area contributed by atoms with E-state index in [1.165, 1.54) is 0 Å². The molecular weight excluding hydrogens is 326 g/mol. The number of benzene rings is 2. The Morgan fingerprint density at radius 3 is 2.63 bits per heavy atom. The van der Waals surface area contributed by atoms with Crippen molar-refractivity contribution < 1.29 is 4.52 Å². The molecule has 2 nitrogen and oxygen atoms in total. The summed E-state index contributed by atoms with van der Waals surface area (Å²) in [7, 11) is 0. The first-order valence-corrected chi connectivity index (χ1v) is 6.89. The summed E-state index contributed by atoms with van der Waals surface area (Å²) in [5.41, 5.74) is 2.71. The molecule has 0 saturated carbocycles. The molecule has 0 saturated heterocycles. The Morgan fingerprint density at radius 2 is 1.84 bits per heavy atom. The van der Waals surface area contributed by atoms with Crippen LogP contribution in [0.1, 0.15) is 0 Å². The van der Waals surface area contributed by atoms with Crippen molar-refractivity contribution >= 4 is 27.5 Å². The zero-order valence-electron chi connectivity index (χ0n) is 9.81. The molecule has 0 unspecified atom stereocenters. The van der Waals surface area contributed by atoms with Crippen LogP contribution in [0.5, 0.6) is 0 Å². The molecule has 0 atom stereocenters. The standard InChI is InChI=1S/C15H9BrClNO/c16-13-7-2-1-6-12(13)14-9-15(19-18-14)10-4-3-5-11(17)8-10/h1-9H. The van der Waals surface area contributed by atoms with Gasteiger partial charge >= 0.3 is 0 Å². The van der Waals surface area contributed by atoms with Crippen molar-refractivity contribution in [3.8, 4) is 22.6 Å². The van der Waals surface area contributed by atoms with Gasteiger partial charge in [0.15, 0.2) is 5.76 Å². The smallest absolute Gasteiger partial charge is 0.167 e. The molecule has 0 fully saturated rings. The van der Waals surface area contributed by atoms with Crippen molar-refractivity contribution in [3.05, 3.63) is 64.1 Å². The van der Waals surface area contributed by atoms with Crippen molar-refractivity contribution in [1.82, 2.24) is 5.16 Å². The van der Waals surface area contributed by atoms with Crippen LogP contribution in [0, 0.1) is 0 Å². The molecule has 3 rings (SSSR count). The fraction of sp³-hybridized carbons (Fsp3) is 0. The van der Waals surface area contributed by atoms with Gasteiger partial charge in [-0.1, -0.05) is 63.0 Å². The molecule has 19 heavy (non-hydrogen) atoms. The molecule has 94 valence electrons. The average molecular weight is 335 g/mol. The van der Waals surface area contributed by atoms with Gasteiger partial charge in [-0.25, -0.2) is 0 Å². The second-order valence-electron chi connectivity index (χ2n) is 4.07. The molecule has 3 aromatic rings. The Kier molecular flexibility index (Phi) is 3.40. The summed E-state index contributed by atoms with van der Waals surface area (Å²) in [5.74, 6) is 0.702. The summed E-state index contributed by atoms with van der Waals surface area (Å²) in [6.45, 7) is 0. The largest absolute Gasteiger partial charge is 0.356 e. The number of hydrogen-bond acceptors (Lipinski definition) is 2. The van der Waals surface area contributed by atoms with Crippen LogP contribution in [-0.4, -0.2) is 5.16 Å². The van der Waals surface area contributed by atoms with E-state index in [0.29, 0.717) is 10.8 Å². The Labute approximate surface area is 124 Å². The van der Waals surface area contributed by atoms with E-state index < -0.39 is 0 Å². The molecule has 0 amide bonds. The van der Waals surface area contributed by atoms with Gasteiger partial charge in [0.05, 0.1) is 0 Å². The van der Waals surface area contributed by atoms with Gasteiger partial charge in [0.2, 0.25) is 0 Å². The third-order valence-corrected chi connectivity index (χ3v) is 3.70. The van der Waals surface area contributed by atoms with Crippen LogP contribution in [0.25, 0.3) is 22.6 Å². The van der Waals surface area contributed by atoms with Crippen LogP contribution in [0.2, 0.25) is 5.02 Å². The Balaban J connectivity index is 2.03. The Morgan fingerprint density at radius 1 is 1.00 bits per heavy atom. The van der Waals surface area contributed by atoms with Gasteiger partial charge in [0, 0.05) is 26.7 Å². The number of aromatic nitrogens is 1. The average Bonchev–Trinajstić information content (AvgIpc) is 2.89. The maximum atomic E-state index is 5.97. The lowest BCUT2D eigenvalue weighted by Crippen LogP contribution is -1.77. The highest BCUT2D eigenvalue weighted by atomic mass is 79.9. The van der Waals surface area contributed by atoms with Crippen molar-refractivity contribution in [2.24, 2.45) is 0 Å². The van der Waals surface area contributed by atoms with Gasteiger partial charge in [0.25, 0.3) is 0 Å². The summed E-state index contributed by atoms with van der Waals surface area (Å²) in [4.78, 5) is 0. The van der Waals surface area contributed by atoms with Crippen LogP contribution in [0.4, 0.5) is 0 Å². The molecule has 0 bridgehead atoms. The summed E-state index contributed by atoms with van der Waals surface area (Å²) in [5, 5.41) is 4.78. The van der Waals surface area contributed by atoms with Crippen LogP contribution >= 0.6 is 27.5 Å². The highest BCUT2D eigenvalue weighted by Crippen LogP contribution is 2.31. The highest BCUT2D eigenvalue weighted by Gasteiger charge is 2.10. The molecule has 0 aliphatic rings. The van der Waals surface area contributed by atoms with E-state index in [4.69, 9.17) is 16.1 Å². The van der Waals surface area contributed by atoms with Crippen molar-refractivity contribution in [1.29, 1.82) is 0 Å². The molecule has 0 spiro atoms. The van der Waals surface area contributed by atoms with Gasteiger partial charge < -0.3 is 4.52 Å². The van der Waals surface area contributed by atoms with Gasteiger partial charge in [-0.05, 0) is 18.2 Å². The van der Waals surface area contributed by atoms with Crippen LogP contribution in [0.3, 0.4) is 0 Å². The zero-order valence-corrected chi connectivity index (χ0v) is 12.1. The second kappa shape index (κ2) is 5.19. The normalized spacial score (nSPS) is 10.6. The molecule has 0 aliphatic carbocycles. The minimum atomic E-state index is 0.677. The van der Waals surface area contributed by atoms with Crippen LogP contribution in [-0.2, 0) is 0 Å². The van der Waals surface area contributed by atoms with Crippen LogP contribution in [0.15, 0.2) is 63.6 Å². The third kappa shape index (κ3) is 2.57. The van der Waals surface area contributed by atoms with Gasteiger partial charge in [-0.2, -0.15) is 0 Å². The third-order valence-electron chi connectivity index (χ3n) is 2.77. The molecule has 1 heterocycles. The van der Waals surface area contributed by atoms with E-state index in [1.807, 2.05) is 54.6 Å². The van der Waals surface area contributed by atoms with Crippen molar-refractivity contribution in [3.63, 3.8) is 0 Å². The minimum Gasteiger partial charge on any atom is -0.356 e. The fourth-order valence-electron chi connectivity index (χ4n) is 1.85. The fourth-order valence-corrected chi connectivity index (χ4v) is 2.53. The van der Waals surface area contributed by atoms with Gasteiger partial charge in [-0.15, -0.1) is 0 Å².